The molecule has 1 amide bonds. The summed E-state index contributed by atoms with van der Waals surface area (Å²) >= 11 is 0. The highest BCUT2D eigenvalue weighted by molar-refractivity contribution is 5.96. The van der Waals surface area contributed by atoms with Crippen LogP contribution in [0.25, 0.3) is 11.1 Å². The van der Waals surface area contributed by atoms with E-state index in [-0.39, 0.29) is 12.3 Å². The summed E-state index contributed by atoms with van der Waals surface area (Å²) in [6.07, 6.45) is 10.1. The minimum atomic E-state index is -0.706. The number of carboxylic acid groups (broad SMARTS) is 1. The van der Waals surface area contributed by atoms with Gasteiger partial charge in [-0.25, -0.2) is 4.98 Å². The fourth-order valence-electron chi connectivity index (χ4n) is 2.76. The Bertz CT molecular complexity index is 681. The Morgan fingerprint density at radius 3 is 2.40 bits per heavy atom. The molecule has 0 saturated carbocycles. The lowest BCUT2D eigenvalue weighted by atomic mass is 10.1. The summed E-state index contributed by atoms with van der Waals surface area (Å²) in [5, 5.41) is 11.5. The first-order chi connectivity index (χ1) is 12.2. The number of carboxylic acids is 1. The summed E-state index contributed by atoms with van der Waals surface area (Å²) in [5.41, 5.74) is 1.97. The number of nitrogens with zero attached hydrogens (tertiary/aromatic N) is 1. The third-order valence-corrected chi connectivity index (χ3v) is 4.20. The van der Waals surface area contributed by atoms with Gasteiger partial charge in [-0.2, -0.15) is 0 Å². The molecular formula is C19H26N2O4. The van der Waals surface area contributed by atoms with E-state index >= 15 is 0 Å². The van der Waals surface area contributed by atoms with Crippen LogP contribution in [0.5, 0.6) is 0 Å². The molecule has 0 saturated heterocycles. The topological polar surface area (TPSA) is 92.4 Å². The molecule has 136 valence electrons. The number of carbonyl (C=O) groups is 2. The Labute approximate surface area is 147 Å². The van der Waals surface area contributed by atoms with Gasteiger partial charge in [-0.05, 0) is 31.0 Å². The van der Waals surface area contributed by atoms with Crippen molar-refractivity contribution in [2.45, 2.75) is 57.8 Å². The standard InChI is InChI=1S/C19H26N2O4/c22-18(23)9-7-5-3-1-2-4-6-8-12-20-19(24)15-10-11-17-16(13-15)21-14-25-17/h10-11,13-14H,1-9,12H2,(H,20,24)(H,22,23). The molecule has 0 bridgehead atoms. The monoisotopic (exact) mass is 346 g/mol. The number of rotatable bonds is 12. The Hall–Kier alpha value is -2.37. The average molecular weight is 346 g/mol. The summed E-state index contributed by atoms with van der Waals surface area (Å²) < 4.78 is 5.16. The number of aliphatic carboxylic acids is 1. The van der Waals surface area contributed by atoms with Crippen molar-refractivity contribution in [3.63, 3.8) is 0 Å². The first-order valence-electron chi connectivity index (χ1n) is 9.00. The Morgan fingerprint density at radius 1 is 1.00 bits per heavy atom. The summed E-state index contributed by atoms with van der Waals surface area (Å²) in [7, 11) is 0. The summed E-state index contributed by atoms with van der Waals surface area (Å²) in [6, 6.07) is 5.24. The average Bonchev–Trinajstić information content (AvgIpc) is 3.06. The van der Waals surface area contributed by atoms with E-state index < -0.39 is 5.97 Å². The van der Waals surface area contributed by atoms with E-state index in [0.717, 1.165) is 44.9 Å². The van der Waals surface area contributed by atoms with Crippen LogP contribution in [-0.2, 0) is 4.79 Å². The van der Waals surface area contributed by atoms with E-state index in [4.69, 9.17) is 9.52 Å². The normalized spacial score (nSPS) is 10.9. The van der Waals surface area contributed by atoms with E-state index in [1.54, 1.807) is 18.2 Å². The molecule has 2 rings (SSSR count). The fourth-order valence-corrected chi connectivity index (χ4v) is 2.76. The first kappa shape index (κ1) is 19.0. The van der Waals surface area contributed by atoms with Crippen LogP contribution < -0.4 is 5.32 Å². The maximum atomic E-state index is 12.1. The number of oxazole rings is 1. The third kappa shape index (κ3) is 6.95. The molecule has 6 nitrogen and oxygen atoms in total. The summed E-state index contributed by atoms with van der Waals surface area (Å²) in [6.45, 7) is 0.675. The maximum absolute atomic E-state index is 12.1. The largest absolute Gasteiger partial charge is 0.481 e. The number of aromatic nitrogens is 1. The van der Waals surface area contributed by atoms with Crippen molar-refractivity contribution < 1.29 is 19.1 Å². The van der Waals surface area contributed by atoms with E-state index in [2.05, 4.69) is 10.3 Å². The number of amides is 1. The van der Waals surface area contributed by atoms with Gasteiger partial charge in [0.1, 0.15) is 5.52 Å². The highest BCUT2D eigenvalue weighted by Crippen LogP contribution is 2.14. The third-order valence-electron chi connectivity index (χ3n) is 4.20. The minimum Gasteiger partial charge on any atom is -0.481 e. The van der Waals surface area contributed by atoms with Gasteiger partial charge >= 0.3 is 5.97 Å². The molecule has 1 aromatic carbocycles. The molecule has 6 heteroatoms. The van der Waals surface area contributed by atoms with E-state index in [1.165, 1.54) is 12.8 Å². The summed E-state index contributed by atoms with van der Waals surface area (Å²) in [5.74, 6) is -0.786. The zero-order chi connectivity index (χ0) is 17.9. The number of unbranched alkanes of at least 4 members (excludes halogenated alkanes) is 7. The van der Waals surface area contributed by atoms with Crippen molar-refractivity contribution in [1.29, 1.82) is 0 Å². The van der Waals surface area contributed by atoms with Crippen molar-refractivity contribution >= 4 is 23.0 Å². The number of carbonyl (C=O) groups excluding carboxylic acids is 1. The van der Waals surface area contributed by atoms with Gasteiger partial charge in [0.15, 0.2) is 12.0 Å². The Kier molecular flexibility index (Phi) is 7.95. The highest BCUT2D eigenvalue weighted by Gasteiger charge is 2.07. The molecule has 1 aromatic heterocycles. The van der Waals surface area contributed by atoms with Crippen LogP contribution in [0.3, 0.4) is 0 Å². The smallest absolute Gasteiger partial charge is 0.303 e. The van der Waals surface area contributed by atoms with Crippen LogP contribution >= 0.6 is 0 Å². The molecule has 0 aliphatic heterocycles. The van der Waals surface area contributed by atoms with Crippen LogP contribution in [0.4, 0.5) is 0 Å². The molecule has 0 fully saturated rings. The van der Waals surface area contributed by atoms with Gasteiger partial charge in [-0.1, -0.05) is 38.5 Å². The number of hydrogen-bond acceptors (Lipinski definition) is 4. The van der Waals surface area contributed by atoms with Crippen LogP contribution in [-0.4, -0.2) is 28.5 Å². The minimum absolute atomic E-state index is 0.0802. The van der Waals surface area contributed by atoms with Crippen LogP contribution in [0.15, 0.2) is 29.0 Å². The molecule has 25 heavy (non-hydrogen) atoms. The molecule has 2 aromatic rings. The second-order valence-corrected chi connectivity index (χ2v) is 6.26. The van der Waals surface area contributed by atoms with Gasteiger partial charge in [0, 0.05) is 18.5 Å². The Morgan fingerprint density at radius 2 is 1.68 bits per heavy atom. The van der Waals surface area contributed by atoms with Gasteiger partial charge in [0.25, 0.3) is 5.91 Å². The lowest BCUT2D eigenvalue weighted by molar-refractivity contribution is -0.137. The molecule has 0 aliphatic carbocycles. The lowest BCUT2D eigenvalue weighted by Crippen LogP contribution is -2.24. The number of benzene rings is 1. The molecule has 1 heterocycles. The molecule has 0 atom stereocenters. The predicted molar refractivity (Wildman–Crippen MR) is 95.5 cm³/mol. The van der Waals surface area contributed by atoms with Crippen LogP contribution in [0.1, 0.15) is 68.1 Å². The van der Waals surface area contributed by atoms with Crippen molar-refractivity contribution in [2.24, 2.45) is 0 Å². The second kappa shape index (κ2) is 10.5. The van der Waals surface area contributed by atoms with Crippen molar-refractivity contribution in [3.8, 4) is 0 Å². The molecule has 0 spiro atoms. The van der Waals surface area contributed by atoms with Gasteiger partial charge < -0.3 is 14.8 Å². The van der Waals surface area contributed by atoms with Gasteiger partial charge in [0.2, 0.25) is 0 Å². The van der Waals surface area contributed by atoms with Crippen LogP contribution in [0, 0.1) is 0 Å². The molecule has 2 N–H and O–H groups in total. The van der Waals surface area contributed by atoms with E-state index in [0.29, 0.717) is 23.2 Å². The SMILES string of the molecule is O=C(O)CCCCCCCCCCNC(=O)c1ccc2ocnc2c1. The quantitative estimate of drug-likeness (QED) is 0.563. The summed E-state index contributed by atoms with van der Waals surface area (Å²) in [4.78, 5) is 26.5. The number of fused-ring (bicyclic) bond motifs is 1. The maximum Gasteiger partial charge on any atom is 0.303 e. The van der Waals surface area contributed by atoms with Crippen molar-refractivity contribution in [1.82, 2.24) is 10.3 Å². The number of hydrogen-bond donors (Lipinski definition) is 2. The highest BCUT2D eigenvalue weighted by atomic mass is 16.4. The molecule has 0 radical (unpaired) electrons. The fraction of sp³-hybridized carbons (Fsp3) is 0.526. The predicted octanol–water partition coefficient (Wildman–Crippen LogP) is 4.15. The van der Waals surface area contributed by atoms with Crippen molar-refractivity contribution in [3.05, 3.63) is 30.2 Å². The zero-order valence-corrected chi connectivity index (χ0v) is 14.5. The second-order valence-electron chi connectivity index (χ2n) is 6.26. The van der Waals surface area contributed by atoms with Gasteiger partial charge in [0.05, 0.1) is 0 Å². The first-order valence-corrected chi connectivity index (χ1v) is 9.00. The molecular weight excluding hydrogens is 320 g/mol. The molecule has 0 aliphatic rings. The molecule has 0 unspecified atom stereocenters. The number of nitrogens with one attached hydrogen (secondary N) is 1. The van der Waals surface area contributed by atoms with Crippen LogP contribution in [0.2, 0.25) is 0 Å². The van der Waals surface area contributed by atoms with E-state index in [1.807, 2.05) is 0 Å². The van der Waals surface area contributed by atoms with Crippen molar-refractivity contribution in [2.75, 3.05) is 6.54 Å². The lowest BCUT2D eigenvalue weighted by Gasteiger charge is -2.05. The van der Waals surface area contributed by atoms with Gasteiger partial charge in [-0.15, -0.1) is 0 Å². The Balaban J connectivity index is 1.48. The zero-order valence-electron chi connectivity index (χ0n) is 14.5. The van der Waals surface area contributed by atoms with Gasteiger partial charge in [-0.3, -0.25) is 9.59 Å². The van der Waals surface area contributed by atoms with E-state index in [9.17, 15) is 9.59 Å².